The molecule has 2 aromatic heterocycles. The normalized spacial score (nSPS) is 10.6. The summed E-state index contributed by atoms with van der Waals surface area (Å²) in [6.45, 7) is 0. The summed E-state index contributed by atoms with van der Waals surface area (Å²) in [7, 11) is 0. The van der Waals surface area contributed by atoms with Crippen molar-refractivity contribution in [2.75, 3.05) is 0 Å². The summed E-state index contributed by atoms with van der Waals surface area (Å²) in [6, 6.07) is 9.93. The first-order valence-corrected chi connectivity index (χ1v) is 5.85. The zero-order chi connectivity index (χ0) is 13.2. The Hall–Kier alpha value is -2.40. The second kappa shape index (κ2) is 4.70. The van der Waals surface area contributed by atoms with E-state index in [2.05, 4.69) is 15.1 Å². The molecule has 2 heterocycles. The molecule has 0 unspecified atom stereocenters. The van der Waals surface area contributed by atoms with Gasteiger partial charge in [0.1, 0.15) is 11.4 Å². The Bertz CT molecular complexity index is 633. The fraction of sp³-hybridized carbons (Fsp3) is 0. The van der Waals surface area contributed by atoms with Crippen molar-refractivity contribution in [3.05, 3.63) is 47.6 Å². The zero-order valence-corrected chi connectivity index (χ0v) is 10.4. The fourth-order valence-electron chi connectivity index (χ4n) is 1.56. The molecule has 3 rings (SSSR count). The minimum Gasteiger partial charge on any atom is -0.508 e. The average Bonchev–Trinajstić information content (AvgIpc) is 2.90. The van der Waals surface area contributed by atoms with Crippen LogP contribution in [0, 0.1) is 0 Å². The van der Waals surface area contributed by atoms with Crippen molar-refractivity contribution in [2.24, 2.45) is 0 Å². The summed E-state index contributed by atoms with van der Waals surface area (Å²) in [5.74, 6) is 0.939. The van der Waals surface area contributed by atoms with Crippen molar-refractivity contribution in [3.63, 3.8) is 0 Å². The standard InChI is InChI=1S/C13H8ClN3O2/c14-9-3-6-11(15-7-9)12-16-13(19-17-12)8-1-4-10(18)5-2-8/h1-7,18H. The average molecular weight is 274 g/mol. The van der Waals surface area contributed by atoms with Crippen LogP contribution in [0.25, 0.3) is 23.0 Å². The number of phenolic OH excluding ortho intramolecular Hbond substituents is 1. The first-order chi connectivity index (χ1) is 9.22. The number of halogens is 1. The molecule has 0 aliphatic carbocycles. The third-order valence-electron chi connectivity index (χ3n) is 2.50. The van der Waals surface area contributed by atoms with E-state index in [-0.39, 0.29) is 5.75 Å². The second-order valence-electron chi connectivity index (χ2n) is 3.83. The lowest BCUT2D eigenvalue weighted by Crippen LogP contribution is -1.85. The van der Waals surface area contributed by atoms with Gasteiger partial charge >= 0.3 is 0 Å². The highest BCUT2D eigenvalue weighted by Crippen LogP contribution is 2.23. The van der Waals surface area contributed by atoms with Crippen LogP contribution in [0.1, 0.15) is 0 Å². The Morgan fingerprint density at radius 2 is 1.84 bits per heavy atom. The summed E-state index contributed by atoms with van der Waals surface area (Å²) < 4.78 is 5.16. The minimum absolute atomic E-state index is 0.183. The maximum atomic E-state index is 9.22. The molecule has 0 spiro atoms. The molecule has 0 bridgehead atoms. The van der Waals surface area contributed by atoms with E-state index in [1.807, 2.05) is 0 Å². The molecule has 94 valence electrons. The molecule has 3 aromatic rings. The summed E-state index contributed by atoms with van der Waals surface area (Å²) in [5.41, 5.74) is 1.31. The van der Waals surface area contributed by atoms with E-state index < -0.39 is 0 Å². The number of rotatable bonds is 2. The molecule has 0 amide bonds. The van der Waals surface area contributed by atoms with Gasteiger partial charge in [0, 0.05) is 11.8 Å². The highest BCUT2D eigenvalue weighted by molar-refractivity contribution is 6.30. The molecule has 1 aromatic carbocycles. The summed E-state index contributed by atoms with van der Waals surface area (Å²) in [4.78, 5) is 8.36. The van der Waals surface area contributed by atoms with Gasteiger partial charge in [0.15, 0.2) is 0 Å². The molecule has 6 heteroatoms. The largest absolute Gasteiger partial charge is 0.508 e. The maximum absolute atomic E-state index is 9.22. The van der Waals surface area contributed by atoms with Gasteiger partial charge in [0.2, 0.25) is 5.82 Å². The molecule has 0 saturated carbocycles. The van der Waals surface area contributed by atoms with E-state index in [1.54, 1.807) is 36.4 Å². The molecule has 5 nitrogen and oxygen atoms in total. The van der Waals surface area contributed by atoms with E-state index in [9.17, 15) is 5.11 Å². The van der Waals surface area contributed by atoms with Crippen LogP contribution in [0.2, 0.25) is 5.02 Å². The van der Waals surface area contributed by atoms with Crippen molar-refractivity contribution in [1.29, 1.82) is 0 Å². The predicted molar refractivity (Wildman–Crippen MR) is 69.6 cm³/mol. The number of hydrogen-bond acceptors (Lipinski definition) is 5. The van der Waals surface area contributed by atoms with Crippen LogP contribution < -0.4 is 0 Å². The van der Waals surface area contributed by atoms with Gasteiger partial charge < -0.3 is 9.63 Å². The predicted octanol–water partition coefficient (Wildman–Crippen LogP) is 3.16. The summed E-state index contributed by atoms with van der Waals surface area (Å²) in [6.07, 6.45) is 1.52. The van der Waals surface area contributed by atoms with Crippen molar-refractivity contribution in [1.82, 2.24) is 15.1 Å². The van der Waals surface area contributed by atoms with Gasteiger partial charge in [-0.05, 0) is 36.4 Å². The lowest BCUT2D eigenvalue weighted by molar-refractivity contribution is 0.432. The maximum Gasteiger partial charge on any atom is 0.258 e. The van der Waals surface area contributed by atoms with Crippen molar-refractivity contribution >= 4 is 11.6 Å². The van der Waals surface area contributed by atoms with Crippen LogP contribution in [0.4, 0.5) is 0 Å². The van der Waals surface area contributed by atoms with Gasteiger partial charge in [-0.3, -0.25) is 4.98 Å². The van der Waals surface area contributed by atoms with Gasteiger partial charge in [-0.1, -0.05) is 16.8 Å². The number of benzene rings is 1. The van der Waals surface area contributed by atoms with E-state index in [1.165, 1.54) is 6.20 Å². The number of aromatic hydroxyl groups is 1. The third-order valence-corrected chi connectivity index (χ3v) is 2.72. The molecule has 0 saturated heterocycles. The van der Waals surface area contributed by atoms with E-state index in [4.69, 9.17) is 16.1 Å². The number of hydrogen-bond donors (Lipinski definition) is 1. The van der Waals surface area contributed by atoms with Crippen molar-refractivity contribution < 1.29 is 9.63 Å². The van der Waals surface area contributed by atoms with Crippen LogP contribution in [0.3, 0.4) is 0 Å². The molecule has 0 aliphatic rings. The van der Waals surface area contributed by atoms with Gasteiger partial charge in [-0.15, -0.1) is 0 Å². The fourth-order valence-corrected chi connectivity index (χ4v) is 1.67. The lowest BCUT2D eigenvalue weighted by Gasteiger charge is -1.94. The molecule has 0 radical (unpaired) electrons. The Morgan fingerprint density at radius 3 is 2.53 bits per heavy atom. The first-order valence-electron chi connectivity index (χ1n) is 5.47. The third kappa shape index (κ3) is 2.41. The molecule has 0 atom stereocenters. The number of aromatic nitrogens is 3. The van der Waals surface area contributed by atoms with Gasteiger partial charge in [-0.25, -0.2) is 0 Å². The Morgan fingerprint density at radius 1 is 1.05 bits per heavy atom. The number of pyridine rings is 1. The number of phenols is 1. The molecular formula is C13H8ClN3O2. The Balaban J connectivity index is 1.95. The van der Waals surface area contributed by atoms with Crippen molar-refractivity contribution in [2.45, 2.75) is 0 Å². The van der Waals surface area contributed by atoms with Crippen LogP contribution in [-0.4, -0.2) is 20.2 Å². The van der Waals surface area contributed by atoms with Gasteiger partial charge in [-0.2, -0.15) is 4.98 Å². The lowest BCUT2D eigenvalue weighted by atomic mass is 10.2. The van der Waals surface area contributed by atoms with Crippen LogP contribution in [0.5, 0.6) is 5.75 Å². The highest BCUT2D eigenvalue weighted by Gasteiger charge is 2.11. The molecule has 0 aliphatic heterocycles. The monoisotopic (exact) mass is 273 g/mol. The molecule has 1 N–H and O–H groups in total. The smallest absolute Gasteiger partial charge is 0.258 e. The van der Waals surface area contributed by atoms with E-state index >= 15 is 0 Å². The quantitative estimate of drug-likeness (QED) is 0.776. The molecular weight excluding hydrogens is 266 g/mol. The van der Waals surface area contributed by atoms with Crippen LogP contribution >= 0.6 is 11.6 Å². The summed E-state index contributed by atoms with van der Waals surface area (Å²) in [5, 5.41) is 13.6. The van der Waals surface area contributed by atoms with Crippen LogP contribution in [0.15, 0.2) is 47.1 Å². The van der Waals surface area contributed by atoms with Gasteiger partial charge in [0.25, 0.3) is 5.89 Å². The minimum atomic E-state index is 0.183. The number of nitrogens with zero attached hydrogens (tertiary/aromatic N) is 3. The zero-order valence-electron chi connectivity index (χ0n) is 9.62. The van der Waals surface area contributed by atoms with E-state index in [0.717, 1.165) is 5.56 Å². The summed E-state index contributed by atoms with van der Waals surface area (Å²) >= 11 is 5.76. The Kier molecular flexibility index (Phi) is 2.89. The van der Waals surface area contributed by atoms with Gasteiger partial charge in [0.05, 0.1) is 5.02 Å². The topological polar surface area (TPSA) is 72.0 Å². The van der Waals surface area contributed by atoms with Crippen molar-refractivity contribution in [3.8, 4) is 28.7 Å². The first kappa shape index (κ1) is 11.7. The SMILES string of the molecule is Oc1ccc(-c2nc(-c3ccc(Cl)cn3)no2)cc1. The highest BCUT2D eigenvalue weighted by atomic mass is 35.5. The van der Waals surface area contributed by atoms with E-state index in [0.29, 0.717) is 22.4 Å². The van der Waals surface area contributed by atoms with Crippen LogP contribution in [-0.2, 0) is 0 Å². The molecule has 0 fully saturated rings. The second-order valence-corrected chi connectivity index (χ2v) is 4.27. The Labute approximate surface area is 113 Å². The molecule has 19 heavy (non-hydrogen) atoms.